The lowest BCUT2D eigenvalue weighted by molar-refractivity contribution is 0.332. The second kappa shape index (κ2) is 14.6. The number of fused-ring (bicyclic) bond motifs is 14. The van der Waals surface area contributed by atoms with E-state index in [2.05, 4.69) is 251 Å². The molecule has 14 rings (SSSR count). The molecule has 1 radical (unpaired) electrons. The molecular formula is C69H65BN3. The van der Waals surface area contributed by atoms with Gasteiger partial charge < -0.3 is 14.5 Å². The highest BCUT2D eigenvalue weighted by atomic mass is 15.0. The average Bonchev–Trinajstić information content (AvgIpc) is 4.02. The van der Waals surface area contributed by atoms with Crippen LogP contribution in [0.1, 0.15) is 128 Å². The number of nitrogens with zero attached hydrogens (tertiary/aromatic N) is 2. The van der Waals surface area contributed by atoms with Crippen molar-refractivity contribution in [2.45, 2.75) is 116 Å². The lowest BCUT2D eigenvalue weighted by Gasteiger charge is -2.42. The van der Waals surface area contributed by atoms with E-state index in [0.29, 0.717) is 0 Å². The maximum absolute atomic E-state index is 4.14. The number of nitrogens with one attached hydrogen (secondary N) is 1. The first-order valence-corrected chi connectivity index (χ1v) is 26.8. The highest BCUT2D eigenvalue weighted by Crippen LogP contribution is 2.60. The van der Waals surface area contributed by atoms with E-state index in [-0.39, 0.29) is 27.1 Å². The molecule has 0 atom stereocenters. The van der Waals surface area contributed by atoms with Gasteiger partial charge in [0.15, 0.2) is 7.28 Å². The van der Waals surface area contributed by atoms with Crippen LogP contribution in [0.4, 0.5) is 11.4 Å². The lowest BCUT2D eigenvalue weighted by Crippen LogP contribution is -2.38. The van der Waals surface area contributed by atoms with Crippen molar-refractivity contribution in [2.24, 2.45) is 7.05 Å². The van der Waals surface area contributed by atoms with Gasteiger partial charge in [0.2, 0.25) is 0 Å². The van der Waals surface area contributed by atoms with Crippen molar-refractivity contribution in [2.75, 3.05) is 5.32 Å². The Morgan fingerprint density at radius 2 is 1.19 bits per heavy atom. The van der Waals surface area contributed by atoms with E-state index >= 15 is 0 Å². The molecular weight excluding hydrogens is 882 g/mol. The molecule has 0 fully saturated rings. The van der Waals surface area contributed by atoms with Crippen LogP contribution in [-0.2, 0) is 34.1 Å². The first-order valence-electron chi connectivity index (χ1n) is 26.8. The van der Waals surface area contributed by atoms with Crippen molar-refractivity contribution in [1.82, 2.24) is 9.13 Å². The Kier molecular flexibility index (Phi) is 8.92. The summed E-state index contributed by atoms with van der Waals surface area (Å²) >= 11 is 0. The summed E-state index contributed by atoms with van der Waals surface area (Å²) in [5.74, 6) is 0. The second-order valence-electron chi connectivity index (χ2n) is 25.6. The summed E-state index contributed by atoms with van der Waals surface area (Å²) in [6.45, 7) is 26.6. The van der Waals surface area contributed by atoms with Crippen molar-refractivity contribution < 1.29 is 0 Å². The maximum atomic E-state index is 4.14. The van der Waals surface area contributed by atoms with E-state index in [1.807, 2.05) is 0 Å². The van der Waals surface area contributed by atoms with Crippen molar-refractivity contribution in [1.29, 1.82) is 0 Å². The van der Waals surface area contributed by atoms with Gasteiger partial charge in [-0.3, -0.25) is 0 Å². The molecule has 0 saturated carbocycles. The average molecular weight is 947 g/mol. The normalized spacial score (nSPS) is 16.9. The fourth-order valence-electron chi connectivity index (χ4n) is 14.3. The number of hydrogen-bond donors (Lipinski definition) is 1. The standard InChI is InChI=1S/C69H65BN3/c1-65(2,3)41-26-28-42(29-27-41)71-54-36-50-45(43-22-16-18-24-48(43)68(50,8)9)34-46(54)61-62-59(44-23-17-19-25-49(44)69(62,10)11)60-47-35-51-52(67(6,7)31-30-66(51,4)5)37-57(47)73-58-38-56-40(32-53(58)70-63(61)64(60)73)33-55(72(56)12)39-20-14-13-15-21-39/h13-29,32-38,71H,30-31H2,1-12H3. The molecule has 0 amide bonds. The van der Waals surface area contributed by atoms with Gasteiger partial charge in [0.25, 0.3) is 0 Å². The van der Waals surface area contributed by atoms with Crippen molar-refractivity contribution in [3.63, 3.8) is 0 Å². The molecule has 8 aromatic carbocycles. The summed E-state index contributed by atoms with van der Waals surface area (Å²) in [6.07, 6.45) is 2.33. The predicted molar refractivity (Wildman–Crippen MR) is 312 cm³/mol. The monoisotopic (exact) mass is 947 g/mol. The minimum absolute atomic E-state index is 0.0384. The molecule has 2 aromatic heterocycles. The third-order valence-corrected chi connectivity index (χ3v) is 18.5. The summed E-state index contributed by atoms with van der Waals surface area (Å²) in [4.78, 5) is 0. The Balaban J connectivity index is 1.16. The van der Waals surface area contributed by atoms with Gasteiger partial charge in [-0.25, -0.2) is 0 Å². The molecule has 1 N–H and O–H groups in total. The molecule has 10 aromatic rings. The second-order valence-corrected chi connectivity index (χ2v) is 25.6. The van der Waals surface area contributed by atoms with E-state index in [1.165, 1.54) is 139 Å². The summed E-state index contributed by atoms with van der Waals surface area (Å²) in [5, 5.41) is 8.13. The van der Waals surface area contributed by atoms with Crippen LogP contribution in [0.2, 0.25) is 0 Å². The van der Waals surface area contributed by atoms with Crippen LogP contribution in [0.5, 0.6) is 0 Å². The van der Waals surface area contributed by atoms with Gasteiger partial charge in [-0.1, -0.05) is 179 Å². The molecule has 3 heterocycles. The molecule has 3 nitrogen and oxygen atoms in total. The summed E-state index contributed by atoms with van der Waals surface area (Å²) < 4.78 is 5.11. The summed E-state index contributed by atoms with van der Waals surface area (Å²) in [6, 6.07) is 56.3. The SMILES string of the molecule is Cn1c(-c2ccccc2)cc2cc3c(cc21)-n1c2cc4c(cc2c2c5c(c(-c6cc7c(cc6Nc6ccc(C(C)(C)C)cc6)C(C)(C)c6ccccc6-7)c(c21)[B]3)C(C)(C)c1ccccc1-5)C(C)(C)CCC4(C)C. The largest absolute Gasteiger partial charge is 0.355 e. The third-order valence-electron chi connectivity index (χ3n) is 18.5. The summed E-state index contributed by atoms with van der Waals surface area (Å²) in [5.41, 5.74) is 29.8. The van der Waals surface area contributed by atoms with Crippen LogP contribution in [-0.4, -0.2) is 16.4 Å². The Hall–Kier alpha value is -7.04. The number of aromatic nitrogens is 2. The minimum Gasteiger partial charge on any atom is -0.355 e. The predicted octanol–water partition coefficient (Wildman–Crippen LogP) is 16.6. The Morgan fingerprint density at radius 3 is 1.89 bits per heavy atom. The molecule has 0 bridgehead atoms. The topological polar surface area (TPSA) is 21.9 Å². The van der Waals surface area contributed by atoms with Gasteiger partial charge in [0.05, 0.1) is 11.0 Å². The number of rotatable bonds is 4. The van der Waals surface area contributed by atoms with Gasteiger partial charge in [0.1, 0.15) is 0 Å². The Bertz CT molecular complexity index is 4050. The highest BCUT2D eigenvalue weighted by molar-refractivity contribution is 6.74. The Labute approximate surface area is 432 Å². The van der Waals surface area contributed by atoms with Crippen LogP contribution in [0.3, 0.4) is 0 Å². The molecule has 4 heteroatoms. The van der Waals surface area contributed by atoms with Crippen LogP contribution in [0, 0.1) is 0 Å². The van der Waals surface area contributed by atoms with E-state index in [9.17, 15) is 0 Å². The molecule has 0 spiro atoms. The highest BCUT2D eigenvalue weighted by Gasteiger charge is 2.45. The zero-order valence-corrected chi connectivity index (χ0v) is 44.7. The minimum atomic E-state index is -0.320. The van der Waals surface area contributed by atoms with Crippen molar-refractivity contribution in [3.8, 4) is 50.3 Å². The zero-order valence-electron chi connectivity index (χ0n) is 44.7. The van der Waals surface area contributed by atoms with Crippen LogP contribution < -0.4 is 16.2 Å². The number of benzene rings is 8. The lowest BCUT2D eigenvalue weighted by atomic mass is 9.57. The zero-order chi connectivity index (χ0) is 50.5. The fourth-order valence-corrected chi connectivity index (χ4v) is 14.3. The molecule has 0 unspecified atom stereocenters. The molecule has 359 valence electrons. The third kappa shape index (κ3) is 6.07. The van der Waals surface area contributed by atoms with Crippen LogP contribution in [0.25, 0.3) is 83.0 Å². The van der Waals surface area contributed by atoms with E-state index in [1.54, 1.807) is 0 Å². The Morgan fingerprint density at radius 1 is 0.548 bits per heavy atom. The molecule has 73 heavy (non-hydrogen) atoms. The molecule has 3 aliphatic carbocycles. The maximum Gasteiger partial charge on any atom is 0.197 e. The van der Waals surface area contributed by atoms with Crippen molar-refractivity contribution >= 4 is 62.3 Å². The first kappa shape index (κ1) is 44.6. The number of hydrogen-bond acceptors (Lipinski definition) is 1. The first-order chi connectivity index (χ1) is 34.7. The van der Waals surface area contributed by atoms with Crippen LogP contribution >= 0.6 is 0 Å². The van der Waals surface area contributed by atoms with E-state index < -0.39 is 0 Å². The number of aryl methyl sites for hydroxylation is 1. The van der Waals surface area contributed by atoms with Gasteiger partial charge in [0, 0.05) is 62.5 Å². The van der Waals surface area contributed by atoms with Crippen LogP contribution in [0.15, 0.2) is 146 Å². The molecule has 1 aliphatic heterocycles. The van der Waals surface area contributed by atoms with E-state index in [0.717, 1.165) is 17.8 Å². The van der Waals surface area contributed by atoms with Crippen molar-refractivity contribution in [3.05, 3.63) is 185 Å². The van der Waals surface area contributed by atoms with Gasteiger partial charge in [-0.05, 0) is 161 Å². The quantitative estimate of drug-likeness (QED) is 0.175. The van der Waals surface area contributed by atoms with Gasteiger partial charge in [-0.2, -0.15) is 0 Å². The molecule has 4 aliphatic rings. The van der Waals surface area contributed by atoms with E-state index in [4.69, 9.17) is 0 Å². The number of anilines is 2. The molecule has 0 saturated heterocycles. The van der Waals surface area contributed by atoms with Gasteiger partial charge >= 0.3 is 0 Å². The summed E-state index contributed by atoms with van der Waals surface area (Å²) in [7, 11) is 4.82. The smallest absolute Gasteiger partial charge is 0.197 e. The fraction of sp³-hybridized carbons (Fsp3) is 0.275. The van der Waals surface area contributed by atoms with Gasteiger partial charge in [-0.15, -0.1) is 0 Å².